The molecule has 180 valence electrons. The van der Waals surface area contributed by atoms with E-state index >= 15 is 0 Å². The number of nitrogens with zero attached hydrogens (tertiary/aromatic N) is 5. The molecule has 2 aromatic heterocycles. The number of hydrogen-bond acceptors (Lipinski definition) is 7. The topological polar surface area (TPSA) is 94.8 Å². The zero-order valence-corrected chi connectivity index (χ0v) is 21.4. The van der Waals surface area contributed by atoms with Gasteiger partial charge in [0.25, 0.3) is 5.91 Å². The van der Waals surface area contributed by atoms with Crippen molar-refractivity contribution in [3.63, 3.8) is 0 Å². The summed E-state index contributed by atoms with van der Waals surface area (Å²) in [5, 5.41) is 12.7. The molecular formula is C25H25ClN6O2S. The maximum absolute atomic E-state index is 13.2. The minimum absolute atomic E-state index is 0.230. The molecule has 0 aliphatic heterocycles. The summed E-state index contributed by atoms with van der Waals surface area (Å²) in [4.78, 5) is 22.2. The summed E-state index contributed by atoms with van der Waals surface area (Å²) in [6.45, 7) is 6.07. The summed E-state index contributed by atoms with van der Waals surface area (Å²) in [6.07, 6.45) is 0. The molecule has 35 heavy (non-hydrogen) atoms. The third-order valence-corrected chi connectivity index (χ3v) is 6.58. The second-order valence-electron chi connectivity index (χ2n) is 7.95. The first-order valence-corrected chi connectivity index (χ1v) is 12.3. The first kappa shape index (κ1) is 24.7. The predicted molar refractivity (Wildman–Crippen MR) is 136 cm³/mol. The predicted octanol–water partition coefficient (Wildman–Crippen LogP) is 4.87. The molecule has 2 heterocycles. The largest absolute Gasteiger partial charge is 0.496 e. The summed E-state index contributed by atoms with van der Waals surface area (Å²) in [5.41, 5.74) is 5.14. The molecule has 2 aromatic carbocycles. The maximum atomic E-state index is 13.2. The van der Waals surface area contributed by atoms with Crippen molar-refractivity contribution < 1.29 is 9.53 Å². The Morgan fingerprint density at radius 1 is 1.09 bits per heavy atom. The number of carbonyl (C=O) groups is 1. The van der Waals surface area contributed by atoms with Crippen LogP contribution in [-0.2, 0) is 12.3 Å². The number of methoxy groups -OCH3 is 1. The van der Waals surface area contributed by atoms with Crippen LogP contribution in [-0.4, -0.2) is 38.0 Å². The number of para-hydroxylation sites is 1. The highest BCUT2D eigenvalue weighted by Crippen LogP contribution is 2.26. The highest BCUT2D eigenvalue weighted by Gasteiger charge is 2.22. The summed E-state index contributed by atoms with van der Waals surface area (Å²) in [6, 6.07) is 15.1. The molecule has 1 N–H and O–H groups in total. The van der Waals surface area contributed by atoms with E-state index in [2.05, 4.69) is 25.6 Å². The molecule has 0 fully saturated rings. The van der Waals surface area contributed by atoms with Gasteiger partial charge in [-0.05, 0) is 50.6 Å². The normalized spacial score (nSPS) is 10.9. The van der Waals surface area contributed by atoms with Crippen molar-refractivity contribution in [1.29, 1.82) is 0 Å². The van der Waals surface area contributed by atoms with Crippen LogP contribution in [0.3, 0.4) is 0 Å². The van der Waals surface area contributed by atoms with Crippen LogP contribution in [0.4, 0.5) is 0 Å². The number of thioether (sulfide) groups is 1. The number of hydrogen-bond donors (Lipinski definition) is 1. The molecule has 0 spiro atoms. The Balaban J connectivity index is 1.64. The van der Waals surface area contributed by atoms with Crippen molar-refractivity contribution in [2.75, 3.05) is 7.11 Å². The van der Waals surface area contributed by atoms with Gasteiger partial charge >= 0.3 is 0 Å². The van der Waals surface area contributed by atoms with Crippen LogP contribution in [0.2, 0.25) is 5.02 Å². The van der Waals surface area contributed by atoms with E-state index in [1.54, 1.807) is 11.8 Å². The molecular weight excluding hydrogens is 484 g/mol. The van der Waals surface area contributed by atoms with Crippen LogP contribution >= 0.6 is 23.4 Å². The van der Waals surface area contributed by atoms with Gasteiger partial charge in [0.1, 0.15) is 5.75 Å². The van der Waals surface area contributed by atoms with Crippen molar-refractivity contribution in [2.45, 2.75) is 38.2 Å². The van der Waals surface area contributed by atoms with Crippen LogP contribution in [0.15, 0.2) is 53.7 Å². The van der Waals surface area contributed by atoms with Crippen molar-refractivity contribution in [2.24, 2.45) is 0 Å². The van der Waals surface area contributed by atoms with Gasteiger partial charge < -0.3 is 10.1 Å². The third-order valence-electron chi connectivity index (χ3n) is 5.31. The Morgan fingerprint density at radius 2 is 1.83 bits per heavy atom. The fraction of sp³-hybridized carbons (Fsp3) is 0.240. The zero-order chi connectivity index (χ0) is 24.9. The monoisotopic (exact) mass is 508 g/mol. The average Bonchev–Trinajstić information content (AvgIpc) is 3.26. The minimum Gasteiger partial charge on any atom is -0.496 e. The zero-order valence-electron chi connectivity index (χ0n) is 19.9. The second kappa shape index (κ2) is 10.9. The van der Waals surface area contributed by atoms with E-state index in [9.17, 15) is 4.79 Å². The molecule has 0 unspecified atom stereocenters. The summed E-state index contributed by atoms with van der Waals surface area (Å²) in [7, 11) is 1.60. The molecule has 0 radical (unpaired) electrons. The number of carbonyl (C=O) groups excluding carboxylic acids is 1. The third kappa shape index (κ3) is 5.80. The van der Waals surface area contributed by atoms with Crippen LogP contribution < -0.4 is 10.1 Å². The minimum atomic E-state index is -0.336. The molecule has 1 amide bonds. The van der Waals surface area contributed by atoms with E-state index in [0.29, 0.717) is 39.6 Å². The number of ether oxygens (including phenoxy) is 1. The Hall–Kier alpha value is -3.43. The Kier molecular flexibility index (Phi) is 7.67. The van der Waals surface area contributed by atoms with Gasteiger partial charge in [-0.15, -0.1) is 5.10 Å². The number of aromatic nitrogens is 5. The van der Waals surface area contributed by atoms with Crippen LogP contribution in [0.25, 0.3) is 5.69 Å². The number of rotatable bonds is 8. The summed E-state index contributed by atoms with van der Waals surface area (Å²) < 4.78 is 7.02. The van der Waals surface area contributed by atoms with E-state index in [4.69, 9.17) is 16.3 Å². The fourth-order valence-electron chi connectivity index (χ4n) is 3.53. The molecule has 8 nitrogen and oxygen atoms in total. The molecule has 0 saturated heterocycles. The lowest BCUT2D eigenvalue weighted by molar-refractivity contribution is 0.0945. The van der Waals surface area contributed by atoms with Gasteiger partial charge in [-0.2, -0.15) is 0 Å². The number of benzene rings is 2. The Bertz CT molecular complexity index is 1350. The number of nitrogens with one attached hydrogen (secondary N) is 1. The van der Waals surface area contributed by atoms with Crippen molar-refractivity contribution in [3.8, 4) is 11.4 Å². The SMILES string of the molecule is COc1ccccc1CNC(=O)c1nnn(-c2ccc(C)c(Cl)c2)c1CSc1nc(C)cc(C)n1. The summed E-state index contributed by atoms with van der Waals surface area (Å²) >= 11 is 7.78. The smallest absolute Gasteiger partial charge is 0.274 e. The number of aryl methyl sites for hydroxylation is 3. The molecule has 4 rings (SSSR count). The second-order valence-corrected chi connectivity index (χ2v) is 9.30. The Morgan fingerprint density at radius 3 is 2.54 bits per heavy atom. The molecule has 0 saturated carbocycles. The Labute approximate surface area is 213 Å². The first-order valence-electron chi connectivity index (χ1n) is 10.9. The van der Waals surface area contributed by atoms with Crippen LogP contribution in [0.5, 0.6) is 5.75 Å². The molecule has 0 atom stereocenters. The molecule has 0 aliphatic carbocycles. The quantitative estimate of drug-likeness (QED) is 0.268. The average molecular weight is 509 g/mol. The lowest BCUT2D eigenvalue weighted by atomic mass is 10.2. The van der Waals surface area contributed by atoms with Crippen molar-refractivity contribution >= 4 is 29.3 Å². The van der Waals surface area contributed by atoms with Gasteiger partial charge in [-0.1, -0.05) is 52.8 Å². The fourth-order valence-corrected chi connectivity index (χ4v) is 4.64. The van der Waals surface area contributed by atoms with Crippen LogP contribution in [0, 0.1) is 20.8 Å². The standard InChI is InChI=1S/C25H25ClN6O2S/c1-15-9-10-19(12-20(15)26)32-21(14-35-25-28-16(2)11-17(3)29-25)23(30-31-32)24(33)27-13-18-7-5-6-8-22(18)34-4/h5-12H,13-14H2,1-4H3,(H,27,33). The van der Waals surface area contributed by atoms with Crippen LogP contribution in [0.1, 0.15) is 38.7 Å². The van der Waals surface area contributed by atoms with Crippen molar-refractivity contribution in [1.82, 2.24) is 30.3 Å². The van der Waals surface area contributed by atoms with E-state index in [1.807, 2.05) is 69.3 Å². The highest BCUT2D eigenvalue weighted by molar-refractivity contribution is 7.98. The van der Waals surface area contributed by atoms with E-state index in [-0.39, 0.29) is 11.6 Å². The number of amides is 1. The molecule has 10 heteroatoms. The molecule has 0 bridgehead atoms. The van der Waals surface area contributed by atoms with Gasteiger partial charge in [0.2, 0.25) is 0 Å². The van der Waals surface area contributed by atoms with Gasteiger partial charge in [0, 0.05) is 34.3 Å². The van der Waals surface area contributed by atoms with E-state index in [0.717, 1.165) is 22.5 Å². The van der Waals surface area contributed by atoms with Gasteiger partial charge in [0.15, 0.2) is 10.9 Å². The van der Waals surface area contributed by atoms with Crippen molar-refractivity contribution in [3.05, 3.63) is 87.5 Å². The highest BCUT2D eigenvalue weighted by atomic mass is 35.5. The van der Waals surface area contributed by atoms with Gasteiger partial charge in [-0.3, -0.25) is 4.79 Å². The lowest BCUT2D eigenvalue weighted by Gasteiger charge is -2.11. The van der Waals surface area contributed by atoms with Gasteiger partial charge in [0.05, 0.1) is 18.5 Å². The molecule has 0 aliphatic rings. The number of halogens is 1. The van der Waals surface area contributed by atoms with E-state index < -0.39 is 0 Å². The molecule has 4 aromatic rings. The van der Waals surface area contributed by atoms with E-state index in [1.165, 1.54) is 11.8 Å². The summed E-state index contributed by atoms with van der Waals surface area (Å²) in [5.74, 6) is 0.754. The maximum Gasteiger partial charge on any atom is 0.274 e. The van der Waals surface area contributed by atoms with Gasteiger partial charge in [-0.25, -0.2) is 14.6 Å². The lowest BCUT2D eigenvalue weighted by Crippen LogP contribution is -2.24. The first-order chi connectivity index (χ1) is 16.9.